The molecule has 124 valence electrons. The van der Waals surface area contributed by atoms with E-state index < -0.39 is 0 Å². The lowest BCUT2D eigenvalue weighted by atomic mass is 9.97. The first-order chi connectivity index (χ1) is 10.8. The summed E-state index contributed by atoms with van der Waals surface area (Å²) in [5, 5.41) is 3.31. The molecular weight excluding hydrogens is 272 g/mol. The number of ether oxygens (including phenoxy) is 1. The predicted molar refractivity (Wildman–Crippen MR) is 93.4 cm³/mol. The monoisotopic (exact) mass is 304 g/mol. The first-order valence-corrected chi connectivity index (χ1v) is 8.90. The zero-order valence-corrected chi connectivity index (χ0v) is 14.3. The number of unbranched alkanes of at least 4 members (excludes halogenated alkanes) is 2. The Morgan fingerprint density at radius 2 is 2.05 bits per heavy atom. The molecule has 0 aliphatic carbocycles. The van der Waals surface area contributed by atoms with Gasteiger partial charge in [-0.05, 0) is 63.0 Å². The fourth-order valence-electron chi connectivity index (χ4n) is 3.24. The molecule has 0 bridgehead atoms. The molecule has 0 aromatic heterocycles. The minimum absolute atomic E-state index is 0.805. The highest BCUT2D eigenvalue weighted by Gasteiger charge is 2.19. The van der Waals surface area contributed by atoms with Crippen molar-refractivity contribution in [3.05, 3.63) is 29.8 Å². The predicted octanol–water partition coefficient (Wildman–Crippen LogP) is 3.69. The van der Waals surface area contributed by atoms with Crippen LogP contribution < -0.4 is 10.1 Å². The fourth-order valence-corrected chi connectivity index (χ4v) is 3.24. The quantitative estimate of drug-likeness (QED) is 0.704. The number of benzene rings is 1. The van der Waals surface area contributed by atoms with Gasteiger partial charge in [-0.3, -0.25) is 4.90 Å². The Balaban J connectivity index is 1.75. The standard InChI is InChI=1S/C19H32N2O/c1-3-4-5-13-22-19-10-8-17(9-11-19)15-21-12-6-7-18(16-21)14-20-2/h8-11,18,20H,3-7,12-16H2,1-2H3. The number of piperidine rings is 1. The van der Waals surface area contributed by atoms with Crippen molar-refractivity contribution in [2.45, 2.75) is 45.6 Å². The van der Waals surface area contributed by atoms with Crippen LogP contribution in [0.15, 0.2) is 24.3 Å². The van der Waals surface area contributed by atoms with E-state index in [-0.39, 0.29) is 0 Å². The molecule has 3 heteroatoms. The summed E-state index contributed by atoms with van der Waals surface area (Å²) in [5.74, 6) is 1.81. The minimum Gasteiger partial charge on any atom is -0.494 e. The van der Waals surface area contributed by atoms with E-state index in [0.717, 1.165) is 37.8 Å². The van der Waals surface area contributed by atoms with Crippen molar-refractivity contribution in [1.82, 2.24) is 10.2 Å². The molecule has 1 aliphatic rings. The number of hydrogen-bond donors (Lipinski definition) is 1. The summed E-state index contributed by atoms with van der Waals surface area (Å²) in [6.07, 6.45) is 6.33. The lowest BCUT2D eigenvalue weighted by molar-refractivity contribution is 0.167. The maximum Gasteiger partial charge on any atom is 0.119 e. The molecule has 1 N–H and O–H groups in total. The van der Waals surface area contributed by atoms with Gasteiger partial charge in [0.2, 0.25) is 0 Å². The van der Waals surface area contributed by atoms with E-state index in [0.29, 0.717) is 0 Å². The second kappa shape index (κ2) is 9.86. The van der Waals surface area contributed by atoms with E-state index in [1.165, 1.54) is 44.3 Å². The molecule has 3 nitrogen and oxygen atoms in total. The summed E-state index contributed by atoms with van der Waals surface area (Å²) in [7, 11) is 2.05. The molecule has 2 rings (SSSR count). The van der Waals surface area contributed by atoms with Crippen LogP contribution in [0.5, 0.6) is 5.75 Å². The van der Waals surface area contributed by atoms with Crippen molar-refractivity contribution >= 4 is 0 Å². The number of likely N-dealkylation sites (tertiary alicyclic amines) is 1. The first-order valence-electron chi connectivity index (χ1n) is 8.90. The molecule has 1 atom stereocenters. The van der Waals surface area contributed by atoms with Gasteiger partial charge in [0, 0.05) is 13.1 Å². The van der Waals surface area contributed by atoms with Crippen LogP contribution in [0.3, 0.4) is 0 Å². The number of nitrogens with zero attached hydrogens (tertiary/aromatic N) is 1. The molecule has 1 unspecified atom stereocenters. The van der Waals surface area contributed by atoms with Gasteiger partial charge < -0.3 is 10.1 Å². The third kappa shape index (κ3) is 5.98. The van der Waals surface area contributed by atoms with Gasteiger partial charge in [0.05, 0.1) is 6.61 Å². The molecule has 1 aromatic rings. The van der Waals surface area contributed by atoms with Gasteiger partial charge >= 0.3 is 0 Å². The first kappa shape index (κ1) is 17.3. The molecule has 1 heterocycles. The molecule has 1 aromatic carbocycles. The molecule has 0 radical (unpaired) electrons. The summed E-state index contributed by atoms with van der Waals surface area (Å²) in [5.41, 5.74) is 1.39. The number of rotatable bonds is 9. The Labute approximate surface area is 136 Å². The van der Waals surface area contributed by atoms with E-state index in [2.05, 4.69) is 48.5 Å². The summed E-state index contributed by atoms with van der Waals surface area (Å²) >= 11 is 0. The molecule has 22 heavy (non-hydrogen) atoms. The largest absolute Gasteiger partial charge is 0.494 e. The summed E-state index contributed by atoms with van der Waals surface area (Å²) in [6.45, 7) is 7.71. The molecule has 1 saturated heterocycles. The van der Waals surface area contributed by atoms with Crippen LogP contribution in [0.25, 0.3) is 0 Å². The third-order valence-electron chi connectivity index (χ3n) is 4.44. The molecule has 1 aliphatic heterocycles. The van der Waals surface area contributed by atoms with E-state index in [1.54, 1.807) is 0 Å². The Hall–Kier alpha value is -1.06. The van der Waals surface area contributed by atoms with Crippen molar-refractivity contribution in [2.24, 2.45) is 5.92 Å². The van der Waals surface area contributed by atoms with Gasteiger partial charge in [-0.1, -0.05) is 31.9 Å². The van der Waals surface area contributed by atoms with Gasteiger partial charge in [0.25, 0.3) is 0 Å². The van der Waals surface area contributed by atoms with E-state index in [1.807, 2.05) is 0 Å². The number of hydrogen-bond acceptors (Lipinski definition) is 3. The van der Waals surface area contributed by atoms with Gasteiger partial charge in [-0.2, -0.15) is 0 Å². The molecule has 0 saturated carbocycles. The van der Waals surface area contributed by atoms with Crippen LogP contribution in [-0.2, 0) is 6.54 Å². The number of nitrogens with one attached hydrogen (secondary N) is 1. The lowest BCUT2D eigenvalue weighted by Gasteiger charge is -2.32. The highest BCUT2D eigenvalue weighted by molar-refractivity contribution is 5.27. The van der Waals surface area contributed by atoms with Gasteiger partial charge in [-0.15, -0.1) is 0 Å². The summed E-state index contributed by atoms with van der Waals surface area (Å²) in [4.78, 5) is 2.59. The zero-order valence-electron chi connectivity index (χ0n) is 14.3. The second-order valence-corrected chi connectivity index (χ2v) is 6.50. The Morgan fingerprint density at radius 3 is 2.77 bits per heavy atom. The van der Waals surface area contributed by atoms with E-state index in [4.69, 9.17) is 4.74 Å². The van der Waals surface area contributed by atoms with Gasteiger partial charge in [0.15, 0.2) is 0 Å². The van der Waals surface area contributed by atoms with Crippen molar-refractivity contribution in [2.75, 3.05) is 33.3 Å². The SMILES string of the molecule is CCCCCOc1ccc(CN2CCCC(CNC)C2)cc1. The van der Waals surface area contributed by atoms with Crippen LogP contribution in [-0.4, -0.2) is 38.2 Å². The lowest BCUT2D eigenvalue weighted by Crippen LogP contribution is -2.38. The van der Waals surface area contributed by atoms with Crippen LogP contribution in [0.2, 0.25) is 0 Å². The maximum atomic E-state index is 5.78. The molecule has 0 amide bonds. The molecular formula is C19H32N2O. The zero-order chi connectivity index (χ0) is 15.6. The average molecular weight is 304 g/mol. The molecule has 0 spiro atoms. The highest BCUT2D eigenvalue weighted by Crippen LogP contribution is 2.19. The smallest absolute Gasteiger partial charge is 0.119 e. The molecule has 1 fully saturated rings. The Morgan fingerprint density at radius 1 is 1.23 bits per heavy atom. The topological polar surface area (TPSA) is 24.5 Å². The average Bonchev–Trinajstić information content (AvgIpc) is 2.54. The van der Waals surface area contributed by atoms with Gasteiger partial charge in [-0.25, -0.2) is 0 Å². The highest BCUT2D eigenvalue weighted by atomic mass is 16.5. The van der Waals surface area contributed by atoms with E-state index in [9.17, 15) is 0 Å². The third-order valence-corrected chi connectivity index (χ3v) is 4.44. The summed E-state index contributed by atoms with van der Waals surface area (Å²) < 4.78 is 5.78. The van der Waals surface area contributed by atoms with Crippen LogP contribution in [0.1, 0.15) is 44.6 Å². The normalized spacial score (nSPS) is 19.3. The van der Waals surface area contributed by atoms with Crippen LogP contribution >= 0.6 is 0 Å². The Kier molecular flexibility index (Phi) is 7.75. The minimum atomic E-state index is 0.805. The van der Waals surface area contributed by atoms with Crippen molar-refractivity contribution in [3.63, 3.8) is 0 Å². The van der Waals surface area contributed by atoms with Crippen molar-refractivity contribution in [3.8, 4) is 5.75 Å². The summed E-state index contributed by atoms with van der Waals surface area (Å²) in [6, 6.07) is 8.68. The van der Waals surface area contributed by atoms with Crippen LogP contribution in [0.4, 0.5) is 0 Å². The maximum absolute atomic E-state index is 5.78. The second-order valence-electron chi connectivity index (χ2n) is 6.50. The Bertz CT molecular complexity index is 402. The van der Waals surface area contributed by atoms with Crippen molar-refractivity contribution < 1.29 is 4.74 Å². The van der Waals surface area contributed by atoms with E-state index >= 15 is 0 Å². The van der Waals surface area contributed by atoms with Crippen LogP contribution in [0, 0.1) is 5.92 Å². The fraction of sp³-hybridized carbons (Fsp3) is 0.684. The van der Waals surface area contributed by atoms with Crippen molar-refractivity contribution in [1.29, 1.82) is 0 Å². The van der Waals surface area contributed by atoms with Gasteiger partial charge in [0.1, 0.15) is 5.75 Å².